The molecule has 7 nitrogen and oxygen atoms in total. The summed E-state index contributed by atoms with van der Waals surface area (Å²) in [7, 11) is 0. The molecular weight excluding hydrogens is 523 g/mol. The molecule has 1 amide bonds. The number of rotatable bonds is 9. The number of halogens is 2. The van der Waals surface area contributed by atoms with E-state index in [9.17, 15) is 19.1 Å². The van der Waals surface area contributed by atoms with Crippen molar-refractivity contribution < 1.29 is 28.6 Å². The van der Waals surface area contributed by atoms with Crippen LogP contribution in [0.25, 0.3) is 0 Å². The predicted molar refractivity (Wildman–Crippen MR) is 146 cm³/mol. The summed E-state index contributed by atoms with van der Waals surface area (Å²) in [6, 6.07) is 17.8. The second kappa shape index (κ2) is 11.6. The number of hydrogen-bond acceptors (Lipinski definition) is 5. The van der Waals surface area contributed by atoms with Crippen molar-refractivity contribution in [3.8, 4) is 11.5 Å². The Kier molecular flexibility index (Phi) is 8.04. The van der Waals surface area contributed by atoms with E-state index in [0.717, 1.165) is 18.4 Å². The minimum absolute atomic E-state index is 0.0108. The number of hydrogen-bond donors (Lipinski definition) is 1. The van der Waals surface area contributed by atoms with Crippen LogP contribution >= 0.6 is 11.6 Å². The van der Waals surface area contributed by atoms with E-state index < -0.39 is 29.7 Å². The summed E-state index contributed by atoms with van der Waals surface area (Å²) in [5.41, 5.74) is 2.12. The molecule has 1 N–H and O–H groups in total. The highest BCUT2D eigenvalue weighted by atomic mass is 35.5. The van der Waals surface area contributed by atoms with Crippen molar-refractivity contribution in [1.29, 1.82) is 0 Å². The number of unbranched alkanes of at least 4 members (excludes halogenated alkanes) is 1. The average molecular weight is 553 g/mol. The highest BCUT2D eigenvalue weighted by molar-refractivity contribution is 6.30. The van der Waals surface area contributed by atoms with E-state index in [-0.39, 0.29) is 19.2 Å². The van der Waals surface area contributed by atoms with Gasteiger partial charge in [-0.3, -0.25) is 14.5 Å². The van der Waals surface area contributed by atoms with Gasteiger partial charge in [0.05, 0.1) is 12.5 Å². The highest BCUT2D eigenvalue weighted by Crippen LogP contribution is 2.47. The summed E-state index contributed by atoms with van der Waals surface area (Å²) >= 11 is 6.23. The SMILES string of the molecule is CCCCN(C(=O)CN1CC(c2ccc3c(c2)OCO3)C(C(=O)O)C1c1ccc(F)cc1)c1cccc(Cl)c1. The smallest absolute Gasteiger partial charge is 0.309 e. The van der Waals surface area contributed by atoms with Crippen molar-refractivity contribution >= 4 is 29.2 Å². The number of carboxylic acid groups (broad SMARTS) is 1. The normalized spacial score (nSPS) is 20.2. The van der Waals surface area contributed by atoms with Gasteiger partial charge in [0, 0.05) is 35.8 Å². The molecule has 1 saturated heterocycles. The lowest BCUT2D eigenvalue weighted by atomic mass is 9.83. The summed E-state index contributed by atoms with van der Waals surface area (Å²) in [5.74, 6) is -1.69. The Morgan fingerprint density at radius 2 is 1.79 bits per heavy atom. The minimum Gasteiger partial charge on any atom is -0.481 e. The molecule has 204 valence electrons. The van der Waals surface area contributed by atoms with Crippen LogP contribution in [0.3, 0.4) is 0 Å². The Balaban J connectivity index is 1.50. The van der Waals surface area contributed by atoms with Crippen LogP contribution in [0.1, 0.15) is 42.9 Å². The van der Waals surface area contributed by atoms with Gasteiger partial charge in [-0.25, -0.2) is 4.39 Å². The number of likely N-dealkylation sites (tertiary alicyclic amines) is 1. The van der Waals surface area contributed by atoms with Gasteiger partial charge in [0.25, 0.3) is 0 Å². The fourth-order valence-corrected chi connectivity index (χ4v) is 5.73. The Morgan fingerprint density at radius 1 is 1.05 bits per heavy atom. The first-order chi connectivity index (χ1) is 18.9. The van der Waals surface area contributed by atoms with Crippen molar-refractivity contribution in [2.24, 2.45) is 5.92 Å². The van der Waals surface area contributed by atoms with Gasteiger partial charge in [0.15, 0.2) is 11.5 Å². The Bertz CT molecular complexity index is 1350. The quantitative estimate of drug-likeness (QED) is 0.357. The number of amides is 1. The van der Waals surface area contributed by atoms with Gasteiger partial charge in [-0.1, -0.05) is 49.2 Å². The summed E-state index contributed by atoms with van der Waals surface area (Å²) in [4.78, 5) is 30.2. The van der Waals surface area contributed by atoms with E-state index in [1.54, 1.807) is 41.3 Å². The molecule has 2 aliphatic rings. The zero-order valence-corrected chi connectivity index (χ0v) is 22.3. The number of carbonyl (C=O) groups excluding carboxylic acids is 1. The van der Waals surface area contributed by atoms with Crippen LogP contribution in [-0.4, -0.2) is 48.3 Å². The molecular formula is C30H30ClFN2O5. The lowest BCUT2D eigenvalue weighted by Crippen LogP contribution is -2.41. The lowest BCUT2D eigenvalue weighted by molar-refractivity contribution is -0.143. The molecule has 3 aromatic carbocycles. The van der Waals surface area contributed by atoms with Crippen molar-refractivity contribution in [3.05, 3.63) is 88.7 Å². The van der Waals surface area contributed by atoms with Gasteiger partial charge in [-0.2, -0.15) is 0 Å². The monoisotopic (exact) mass is 552 g/mol. The van der Waals surface area contributed by atoms with E-state index in [2.05, 4.69) is 6.92 Å². The zero-order valence-electron chi connectivity index (χ0n) is 21.6. The maximum atomic E-state index is 13.8. The molecule has 5 rings (SSSR count). The van der Waals surface area contributed by atoms with Crippen LogP contribution in [0, 0.1) is 11.7 Å². The summed E-state index contributed by atoms with van der Waals surface area (Å²) < 4.78 is 24.8. The largest absolute Gasteiger partial charge is 0.481 e. The molecule has 0 bridgehead atoms. The highest BCUT2D eigenvalue weighted by Gasteiger charge is 2.48. The fraction of sp³-hybridized carbons (Fsp3) is 0.333. The predicted octanol–water partition coefficient (Wildman–Crippen LogP) is 5.88. The fourth-order valence-electron chi connectivity index (χ4n) is 5.55. The van der Waals surface area contributed by atoms with Crippen LogP contribution < -0.4 is 14.4 Å². The van der Waals surface area contributed by atoms with E-state index in [1.165, 1.54) is 12.1 Å². The third kappa shape index (κ3) is 5.72. The topological polar surface area (TPSA) is 79.3 Å². The van der Waals surface area contributed by atoms with E-state index >= 15 is 0 Å². The average Bonchev–Trinajstić information content (AvgIpc) is 3.54. The lowest BCUT2D eigenvalue weighted by Gasteiger charge is -2.30. The number of nitrogens with zero attached hydrogens (tertiary/aromatic N) is 2. The van der Waals surface area contributed by atoms with Crippen LogP contribution in [0.5, 0.6) is 11.5 Å². The molecule has 39 heavy (non-hydrogen) atoms. The van der Waals surface area contributed by atoms with Gasteiger partial charge in [-0.05, 0) is 60.0 Å². The van der Waals surface area contributed by atoms with Crippen molar-refractivity contribution in [2.75, 3.05) is 31.3 Å². The third-order valence-corrected chi connectivity index (χ3v) is 7.65. The van der Waals surface area contributed by atoms with Crippen LogP contribution in [0.4, 0.5) is 10.1 Å². The number of aliphatic carboxylic acids is 1. The molecule has 0 saturated carbocycles. The molecule has 3 atom stereocenters. The third-order valence-electron chi connectivity index (χ3n) is 7.41. The first-order valence-electron chi connectivity index (χ1n) is 13.0. The van der Waals surface area contributed by atoms with Crippen LogP contribution in [0.2, 0.25) is 5.02 Å². The molecule has 3 unspecified atom stereocenters. The second-order valence-electron chi connectivity index (χ2n) is 9.89. The first kappa shape index (κ1) is 27.0. The standard InChI is InChI=1S/C30H30ClFN2O5/c1-2-3-13-34(23-6-4-5-21(31)15-23)27(35)17-33-16-24(20-9-12-25-26(14-20)39-18-38-25)28(30(36)37)29(33)19-7-10-22(32)11-8-19/h4-12,14-15,24,28-29H,2-3,13,16-18H2,1H3,(H,36,37). The van der Waals surface area contributed by atoms with Crippen molar-refractivity contribution in [1.82, 2.24) is 4.90 Å². The molecule has 9 heteroatoms. The molecule has 3 aromatic rings. The minimum atomic E-state index is -0.986. The number of fused-ring (bicyclic) bond motifs is 1. The summed E-state index contributed by atoms with van der Waals surface area (Å²) in [5, 5.41) is 11.0. The zero-order chi connectivity index (χ0) is 27.5. The second-order valence-corrected chi connectivity index (χ2v) is 10.3. The van der Waals surface area contributed by atoms with Gasteiger partial charge < -0.3 is 19.5 Å². The molecule has 0 spiro atoms. The number of ether oxygens (including phenoxy) is 2. The van der Waals surface area contributed by atoms with E-state index in [4.69, 9.17) is 21.1 Å². The maximum Gasteiger partial charge on any atom is 0.309 e. The summed E-state index contributed by atoms with van der Waals surface area (Å²) in [6.45, 7) is 2.99. The number of benzene rings is 3. The van der Waals surface area contributed by atoms with Gasteiger partial charge >= 0.3 is 5.97 Å². The van der Waals surface area contributed by atoms with Gasteiger partial charge in [0.1, 0.15) is 5.82 Å². The van der Waals surface area contributed by atoms with Gasteiger partial charge in [-0.15, -0.1) is 0 Å². The van der Waals surface area contributed by atoms with Crippen LogP contribution in [0.15, 0.2) is 66.7 Å². The molecule has 0 radical (unpaired) electrons. The Hall–Kier alpha value is -3.62. The maximum absolute atomic E-state index is 13.8. The number of anilines is 1. The van der Waals surface area contributed by atoms with E-state index in [1.807, 2.05) is 23.1 Å². The molecule has 0 aliphatic carbocycles. The van der Waals surface area contributed by atoms with E-state index in [0.29, 0.717) is 40.9 Å². The Labute approximate surface area is 231 Å². The van der Waals surface area contributed by atoms with Crippen molar-refractivity contribution in [3.63, 3.8) is 0 Å². The molecule has 0 aromatic heterocycles. The van der Waals surface area contributed by atoms with Crippen molar-refractivity contribution in [2.45, 2.75) is 31.7 Å². The first-order valence-corrected chi connectivity index (χ1v) is 13.4. The molecule has 1 fully saturated rings. The number of carbonyl (C=O) groups is 2. The van der Waals surface area contributed by atoms with Gasteiger partial charge in [0.2, 0.25) is 12.7 Å². The number of carboxylic acids is 1. The summed E-state index contributed by atoms with van der Waals surface area (Å²) in [6.07, 6.45) is 1.71. The molecule has 2 aliphatic heterocycles. The Morgan fingerprint density at radius 3 is 2.51 bits per heavy atom. The molecule has 2 heterocycles. The van der Waals surface area contributed by atoms with Crippen LogP contribution in [-0.2, 0) is 9.59 Å².